The topological polar surface area (TPSA) is 88.5 Å². The van der Waals surface area contributed by atoms with Crippen LogP contribution >= 0.6 is 0 Å². The van der Waals surface area contributed by atoms with Gasteiger partial charge in [0.2, 0.25) is 0 Å². The third-order valence-electron chi connectivity index (χ3n) is 4.88. The number of nitrogens with zero attached hydrogens (tertiary/aromatic N) is 2. The molecule has 0 atom stereocenters. The van der Waals surface area contributed by atoms with Gasteiger partial charge in [-0.25, -0.2) is 13.8 Å². The van der Waals surface area contributed by atoms with Gasteiger partial charge in [-0.1, -0.05) is 43.5 Å². The first-order chi connectivity index (χ1) is 16.9. The van der Waals surface area contributed by atoms with Gasteiger partial charge in [0.1, 0.15) is 18.1 Å². The molecule has 0 saturated heterocycles. The van der Waals surface area contributed by atoms with E-state index in [0.717, 1.165) is 19.2 Å². The Bertz CT molecular complexity index is 1470. The van der Waals surface area contributed by atoms with E-state index in [4.69, 9.17) is 15.2 Å². The molecule has 0 bridgehead atoms. The highest BCUT2D eigenvalue weighted by Crippen LogP contribution is 2.36. The summed E-state index contributed by atoms with van der Waals surface area (Å²) in [6.45, 7) is 7.51. The van der Waals surface area contributed by atoms with Crippen molar-refractivity contribution in [2.75, 3.05) is 12.3 Å². The van der Waals surface area contributed by atoms with Crippen molar-refractivity contribution in [3.05, 3.63) is 112 Å². The molecule has 0 amide bonds. The van der Waals surface area contributed by atoms with Gasteiger partial charge in [0, 0.05) is 25.2 Å². The molecule has 11 heteroatoms. The first-order valence-electron chi connectivity index (χ1n) is 10.3. The summed E-state index contributed by atoms with van der Waals surface area (Å²) in [6, 6.07) is 8.37. The molecule has 1 aromatic heterocycles. The average Bonchev–Trinajstić information content (AvgIpc) is 2.81. The lowest BCUT2D eigenvalue weighted by atomic mass is 10.2. The van der Waals surface area contributed by atoms with Gasteiger partial charge in [-0.05, 0) is 17.7 Å². The lowest BCUT2D eigenvalue weighted by Gasteiger charge is -2.17. The molecule has 3 aromatic rings. The van der Waals surface area contributed by atoms with Gasteiger partial charge in [-0.2, -0.15) is 13.2 Å². The van der Waals surface area contributed by atoms with Crippen LogP contribution in [0, 0.1) is 5.82 Å². The van der Waals surface area contributed by atoms with E-state index in [0.29, 0.717) is 5.57 Å². The number of anilines is 1. The maximum absolute atomic E-state index is 14.8. The van der Waals surface area contributed by atoms with Crippen LogP contribution in [0.2, 0.25) is 0 Å². The van der Waals surface area contributed by atoms with Gasteiger partial charge in [0.25, 0.3) is 5.56 Å². The number of halogens is 4. The minimum atomic E-state index is -4.96. The summed E-state index contributed by atoms with van der Waals surface area (Å²) in [5, 5.41) is 0. The van der Waals surface area contributed by atoms with Crippen LogP contribution in [0.5, 0.6) is 17.2 Å². The van der Waals surface area contributed by atoms with E-state index in [9.17, 15) is 27.2 Å². The van der Waals surface area contributed by atoms with Crippen LogP contribution in [-0.4, -0.2) is 15.7 Å². The predicted molar refractivity (Wildman–Crippen MR) is 127 cm³/mol. The van der Waals surface area contributed by atoms with Crippen molar-refractivity contribution in [2.24, 2.45) is 7.05 Å². The molecule has 2 N–H and O–H groups in total. The molecule has 0 saturated carbocycles. The Kier molecular flexibility index (Phi) is 7.52. The summed E-state index contributed by atoms with van der Waals surface area (Å²) in [5.41, 5.74) is 1.41. The van der Waals surface area contributed by atoms with E-state index >= 15 is 0 Å². The highest BCUT2D eigenvalue weighted by molar-refractivity contribution is 5.60. The van der Waals surface area contributed by atoms with E-state index < -0.39 is 34.6 Å². The smallest absolute Gasteiger partial charge is 0.431 e. The lowest BCUT2D eigenvalue weighted by Crippen LogP contribution is -2.41. The molecule has 36 heavy (non-hydrogen) atoms. The zero-order valence-corrected chi connectivity index (χ0v) is 19.0. The zero-order chi connectivity index (χ0) is 26.6. The molecule has 7 nitrogen and oxygen atoms in total. The van der Waals surface area contributed by atoms with Crippen LogP contribution in [0.3, 0.4) is 0 Å². The number of aromatic nitrogens is 2. The van der Waals surface area contributed by atoms with E-state index in [2.05, 4.69) is 13.2 Å². The van der Waals surface area contributed by atoms with E-state index in [-0.39, 0.29) is 44.7 Å². The number of rotatable bonds is 8. The number of ether oxygens (including phenoxy) is 2. The number of para-hydroxylation sites is 2. The summed E-state index contributed by atoms with van der Waals surface area (Å²) >= 11 is 0. The van der Waals surface area contributed by atoms with Gasteiger partial charge in [-0.3, -0.25) is 9.36 Å². The maximum atomic E-state index is 14.8. The van der Waals surface area contributed by atoms with E-state index in [1.807, 2.05) is 0 Å². The average molecular weight is 503 g/mol. The van der Waals surface area contributed by atoms with Gasteiger partial charge in [0.05, 0.1) is 11.4 Å². The van der Waals surface area contributed by atoms with Gasteiger partial charge in [0.15, 0.2) is 17.2 Å². The third kappa shape index (κ3) is 5.57. The third-order valence-corrected chi connectivity index (χ3v) is 4.88. The minimum Gasteiger partial charge on any atom is -0.485 e. The second kappa shape index (κ2) is 10.4. The number of nitrogen functional groups attached to an aromatic ring is 1. The van der Waals surface area contributed by atoms with Crippen molar-refractivity contribution in [1.29, 1.82) is 0 Å². The first kappa shape index (κ1) is 26.1. The number of alkyl halides is 3. The van der Waals surface area contributed by atoms with Gasteiger partial charge in [-0.15, -0.1) is 0 Å². The molecule has 188 valence electrons. The summed E-state index contributed by atoms with van der Waals surface area (Å²) in [6.07, 6.45) is -0.00562. The van der Waals surface area contributed by atoms with Crippen LogP contribution in [0.25, 0.3) is 5.69 Å². The zero-order valence-electron chi connectivity index (χ0n) is 19.0. The van der Waals surface area contributed by atoms with Crippen LogP contribution in [-0.2, 0) is 13.2 Å². The van der Waals surface area contributed by atoms with Gasteiger partial charge < -0.3 is 15.2 Å². The van der Waals surface area contributed by atoms with E-state index in [1.54, 1.807) is 36.4 Å². The number of allylic oxidation sites excluding steroid dienone is 2. The van der Waals surface area contributed by atoms with Crippen LogP contribution in [0.4, 0.5) is 23.2 Å². The number of hydrogen-bond donors (Lipinski definition) is 1. The molecule has 1 heterocycles. The summed E-state index contributed by atoms with van der Waals surface area (Å²) in [7, 11) is 0.819. The fourth-order valence-electron chi connectivity index (χ4n) is 3.13. The monoisotopic (exact) mass is 503 g/mol. The number of benzene rings is 2. The Balaban J connectivity index is 2.03. The molecule has 3 rings (SSSR count). The van der Waals surface area contributed by atoms with Gasteiger partial charge >= 0.3 is 11.9 Å². The van der Waals surface area contributed by atoms with Crippen molar-refractivity contribution in [1.82, 2.24) is 9.13 Å². The van der Waals surface area contributed by atoms with Crippen molar-refractivity contribution in [2.45, 2.75) is 6.18 Å². The summed E-state index contributed by atoms with van der Waals surface area (Å²) < 4.78 is 66.1. The Morgan fingerprint density at radius 1 is 1.11 bits per heavy atom. The molecule has 0 aliphatic rings. The van der Waals surface area contributed by atoms with Crippen LogP contribution in [0.1, 0.15) is 5.69 Å². The Morgan fingerprint density at radius 3 is 2.42 bits per heavy atom. The standard InChI is InChI=1S/C25H21F4N3O4/c1-4-5-8-15(2)14-35-19-9-6-7-10-20(19)36-21-12-18(16(26)11-17(21)30)32-23(33)13-22(25(27,28)29)31(3)24(32)34/h4-13H,1-2,14,30H2,3H3/b8-5-. The highest BCUT2D eigenvalue weighted by Gasteiger charge is 2.35. The second-order valence-corrected chi connectivity index (χ2v) is 7.47. The highest BCUT2D eigenvalue weighted by atomic mass is 19.4. The van der Waals surface area contributed by atoms with Crippen LogP contribution in [0.15, 0.2) is 89.0 Å². The fourth-order valence-corrected chi connectivity index (χ4v) is 3.13. The van der Waals surface area contributed by atoms with E-state index in [1.165, 1.54) is 6.07 Å². The molecule has 0 aliphatic heterocycles. The number of nitrogens with two attached hydrogens (primary N) is 1. The maximum Gasteiger partial charge on any atom is 0.431 e. The minimum absolute atomic E-state index is 0.103. The quantitative estimate of drug-likeness (QED) is 0.272. The Hall–Kier alpha value is -4.54. The van der Waals surface area contributed by atoms with Crippen molar-refractivity contribution < 1.29 is 27.0 Å². The molecule has 0 unspecified atom stereocenters. The van der Waals surface area contributed by atoms with Crippen molar-refractivity contribution in [3.8, 4) is 22.9 Å². The first-order valence-corrected chi connectivity index (χ1v) is 10.3. The SMILES string of the molecule is C=C/C=C\C(=C)COc1ccccc1Oc1cc(-n2c(=O)cc(C(F)(F)F)n(C)c2=O)c(F)cc1N. The van der Waals surface area contributed by atoms with Crippen molar-refractivity contribution >= 4 is 5.69 Å². The number of hydrogen-bond acceptors (Lipinski definition) is 5. The van der Waals surface area contributed by atoms with Crippen molar-refractivity contribution in [3.63, 3.8) is 0 Å². The predicted octanol–water partition coefficient (Wildman–Crippen LogP) is 4.75. The summed E-state index contributed by atoms with van der Waals surface area (Å²) in [4.78, 5) is 25.0. The molecule has 2 aromatic carbocycles. The lowest BCUT2D eigenvalue weighted by molar-refractivity contribution is -0.144. The molecule has 0 fully saturated rings. The summed E-state index contributed by atoms with van der Waals surface area (Å²) in [5.74, 6) is -0.844. The normalized spacial score (nSPS) is 11.5. The second-order valence-electron chi connectivity index (χ2n) is 7.47. The molecule has 0 spiro atoms. The molecule has 0 radical (unpaired) electrons. The molecular formula is C25H21F4N3O4. The van der Waals surface area contributed by atoms with Crippen LogP contribution < -0.4 is 26.5 Å². The Labute approximate surface area is 202 Å². The largest absolute Gasteiger partial charge is 0.485 e. The molecular weight excluding hydrogens is 482 g/mol. The molecule has 0 aliphatic carbocycles. The Morgan fingerprint density at radius 2 is 1.78 bits per heavy atom. The fraction of sp³-hybridized carbons (Fsp3) is 0.120.